The van der Waals surface area contributed by atoms with Gasteiger partial charge in [-0.2, -0.15) is 0 Å². The highest BCUT2D eigenvalue weighted by molar-refractivity contribution is 5.82. The van der Waals surface area contributed by atoms with E-state index >= 15 is 0 Å². The first-order valence-corrected chi connectivity index (χ1v) is 11.4. The number of likely N-dealkylation sites (tertiary alicyclic amines) is 1. The van der Waals surface area contributed by atoms with E-state index in [1.807, 2.05) is 4.90 Å². The van der Waals surface area contributed by atoms with Gasteiger partial charge in [0.05, 0.1) is 37.1 Å². The molecule has 5 rings (SSSR count). The second kappa shape index (κ2) is 9.36. The predicted molar refractivity (Wildman–Crippen MR) is 126 cm³/mol. The molecule has 0 spiro atoms. The van der Waals surface area contributed by atoms with Crippen LogP contribution in [0.4, 0.5) is 4.39 Å². The smallest absolute Gasteiger partial charge is 0.261 e. The second-order valence-electron chi connectivity index (χ2n) is 8.58. The maximum atomic E-state index is 13.4. The number of hydrogen-bond donors (Lipinski definition) is 0. The van der Waals surface area contributed by atoms with Gasteiger partial charge in [0.2, 0.25) is 5.91 Å². The molecular formula is C25H25FN4O5. The number of carbonyl (C=O) groups excluding carboxylic acids is 1. The van der Waals surface area contributed by atoms with Crippen LogP contribution in [-0.2, 0) is 11.3 Å². The topological polar surface area (TPSA) is 99.7 Å². The summed E-state index contributed by atoms with van der Waals surface area (Å²) in [6, 6.07) is 7.69. The Bertz CT molecular complexity index is 1460. The predicted octanol–water partition coefficient (Wildman–Crippen LogP) is 3.49. The number of aryl methyl sites for hydroxylation is 1. The van der Waals surface area contributed by atoms with Crippen molar-refractivity contribution in [1.82, 2.24) is 19.6 Å². The highest BCUT2D eigenvalue weighted by atomic mass is 19.1. The molecule has 0 bridgehead atoms. The van der Waals surface area contributed by atoms with Gasteiger partial charge in [0.25, 0.3) is 5.56 Å². The molecule has 0 aliphatic carbocycles. The Morgan fingerprint density at radius 1 is 1.11 bits per heavy atom. The van der Waals surface area contributed by atoms with Gasteiger partial charge in [0, 0.05) is 49.5 Å². The molecule has 9 nitrogen and oxygen atoms in total. The molecule has 10 heteroatoms. The molecule has 0 radical (unpaired) electrons. The minimum atomic E-state index is -0.361. The van der Waals surface area contributed by atoms with Gasteiger partial charge in [-0.1, -0.05) is 5.16 Å². The zero-order chi connectivity index (χ0) is 24.5. The number of piperidine rings is 1. The van der Waals surface area contributed by atoms with E-state index in [2.05, 4.69) is 10.1 Å². The third-order valence-corrected chi connectivity index (χ3v) is 6.59. The summed E-state index contributed by atoms with van der Waals surface area (Å²) in [7, 11) is 3.03. The summed E-state index contributed by atoms with van der Waals surface area (Å²) in [4.78, 5) is 32.0. The third kappa shape index (κ3) is 4.31. The Hall–Kier alpha value is -3.95. The average Bonchev–Trinajstić information content (AvgIpc) is 3.30. The first-order valence-electron chi connectivity index (χ1n) is 11.4. The van der Waals surface area contributed by atoms with E-state index in [4.69, 9.17) is 14.0 Å². The largest absolute Gasteiger partial charge is 0.493 e. The number of rotatable bonds is 6. The van der Waals surface area contributed by atoms with E-state index in [9.17, 15) is 14.0 Å². The molecule has 1 aliphatic rings. The molecule has 1 saturated heterocycles. The standard InChI is InChI=1S/C25H25FN4O5/c1-33-21-12-18-19(13-22(21)34-2)27-14-30(25(18)32)10-7-23(31)29-8-5-15(6-9-29)24-17-4-3-16(26)11-20(17)35-28-24/h3-4,11-15H,5-10H2,1-2H3. The minimum Gasteiger partial charge on any atom is -0.493 e. The maximum Gasteiger partial charge on any atom is 0.261 e. The SMILES string of the molecule is COc1cc2ncn(CCC(=O)N3CCC(c4noc5cc(F)ccc45)CC3)c(=O)c2cc1OC. The van der Waals surface area contributed by atoms with Crippen molar-refractivity contribution in [2.45, 2.75) is 31.7 Å². The fraction of sp³-hybridized carbons (Fsp3) is 0.360. The molecule has 1 aliphatic heterocycles. The van der Waals surface area contributed by atoms with Crippen molar-refractivity contribution in [2.24, 2.45) is 0 Å². The number of ether oxygens (including phenoxy) is 2. The van der Waals surface area contributed by atoms with E-state index in [0.717, 1.165) is 23.9 Å². The van der Waals surface area contributed by atoms with Crippen molar-refractivity contribution in [1.29, 1.82) is 0 Å². The molecule has 182 valence electrons. The van der Waals surface area contributed by atoms with Gasteiger partial charge in [0.15, 0.2) is 17.1 Å². The summed E-state index contributed by atoms with van der Waals surface area (Å²) in [6.45, 7) is 1.40. The molecule has 0 N–H and O–H groups in total. The van der Waals surface area contributed by atoms with Crippen LogP contribution in [-0.4, -0.2) is 52.8 Å². The van der Waals surface area contributed by atoms with Gasteiger partial charge >= 0.3 is 0 Å². The minimum absolute atomic E-state index is 0.0187. The second-order valence-corrected chi connectivity index (χ2v) is 8.58. The lowest BCUT2D eigenvalue weighted by Crippen LogP contribution is -2.38. The highest BCUT2D eigenvalue weighted by Crippen LogP contribution is 2.33. The maximum absolute atomic E-state index is 13.4. The van der Waals surface area contributed by atoms with Crippen LogP contribution in [0.3, 0.4) is 0 Å². The summed E-state index contributed by atoms with van der Waals surface area (Å²) in [6.07, 6.45) is 3.12. The summed E-state index contributed by atoms with van der Waals surface area (Å²) in [5, 5.41) is 5.37. The molecular weight excluding hydrogens is 455 g/mol. The van der Waals surface area contributed by atoms with Crippen molar-refractivity contribution in [3.8, 4) is 11.5 Å². The Morgan fingerprint density at radius 3 is 2.60 bits per heavy atom. The highest BCUT2D eigenvalue weighted by Gasteiger charge is 2.27. The molecule has 4 aromatic rings. The van der Waals surface area contributed by atoms with Gasteiger partial charge in [-0.3, -0.25) is 14.2 Å². The van der Waals surface area contributed by atoms with Crippen LogP contribution in [0.5, 0.6) is 11.5 Å². The zero-order valence-corrected chi connectivity index (χ0v) is 19.5. The van der Waals surface area contributed by atoms with Crippen LogP contribution in [0, 0.1) is 5.82 Å². The summed E-state index contributed by atoms with van der Waals surface area (Å²) >= 11 is 0. The van der Waals surface area contributed by atoms with Crippen molar-refractivity contribution in [3.63, 3.8) is 0 Å². The molecule has 0 unspecified atom stereocenters. The lowest BCUT2D eigenvalue weighted by Gasteiger charge is -2.31. The van der Waals surface area contributed by atoms with Gasteiger partial charge in [0.1, 0.15) is 5.82 Å². The Morgan fingerprint density at radius 2 is 1.86 bits per heavy atom. The van der Waals surface area contributed by atoms with Crippen molar-refractivity contribution >= 4 is 27.8 Å². The van der Waals surface area contributed by atoms with Crippen molar-refractivity contribution < 1.29 is 23.2 Å². The zero-order valence-electron chi connectivity index (χ0n) is 19.5. The number of benzene rings is 2. The molecule has 2 aromatic carbocycles. The number of hydrogen-bond acceptors (Lipinski definition) is 7. The van der Waals surface area contributed by atoms with Gasteiger partial charge in [-0.05, 0) is 31.0 Å². The van der Waals surface area contributed by atoms with E-state index < -0.39 is 0 Å². The average molecular weight is 480 g/mol. The van der Waals surface area contributed by atoms with E-state index in [0.29, 0.717) is 41.1 Å². The lowest BCUT2D eigenvalue weighted by molar-refractivity contribution is -0.132. The summed E-state index contributed by atoms with van der Waals surface area (Å²) in [5.74, 6) is 0.703. The molecule has 1 amide bonds. The fourth-order valence-corrected chi connectivity index (χ4v) is 4.65. The molecule has 1 fully saturated rings. The van der Waals surface area contributed by atoms with E-state index in [1.54, 1.807) is 18.2 Å². The number of fused-ring (bicyclic) bond motifs is 2. The Balaban J connectivity index is 1.23. The normalized spacial score (nSPS) is 14.5. The number of nitrogens with zero attached hydrogens (tertiary/aromatic N) is 4. The monoisotopic (exact) mass is 480 g/mol. The molecule has 35 heavy (non-hydrogen) atoms. The number of aromatic nitrogens is 3. The van der Waals surface area contributed by atoms with Gasteiger partial charge in [-0.25, -0.2) is 9.37 Å². The number of amides is 1. The van der Waals surface area contributed by atoms with Crippen molar-refractivity contribution in [3.05, 3.63) is 58.5 Å². The van der Waals surface area contributed by atoms with Crippen LogP contribution >= 0.6 is 0 Å². The molecule has 0 saturated carbocycles. The third-order valence-electron chi connectivity index (χ3n) is 6.59. The summed E-state index contributed by atoms with van der Waals surface area (Å²) in [5.41, 5.74) is 1.51. The molecule has 0 atom stereocenters. The molecule has 3 heterocycles. The van der Waals surface area contributed by atoms with Crippen molar-refractivity contribution in [2.75, 3.05) is 27.3 Å². The first-order chi connectivity index (χ1) is 17.0. The van der Waals surface area contributed by atoms with Crippen LogP contribution < -0.4 is 15.0 Å². The van der Waals surface area contributed by atoms with Gasteiger partial charge in [-0.15, -0.1) is 0 Å². The quantitative estimate of drug-likeness (QED) is 0.417. The van der Waals surface area contributed by atoms with Gasteiger partial charge < -0.3 is 18.9 Å². The first kappa shape index (κ1) is 22.8. The number of halogens is 1. The summed E-state index contributed by atoms with van der Waals surface area (Å²) < 4.78 is 30.7. The van der Waals surface area contributed by atoms with Crippen LogP contribution in [0.15, 0.2) is 46.0 Å². The fourth-order valence-electron chi connectivity index (χ4n) is 4.65. The van der Waals surface area contributed by atoms with Crippen LogP contribution in [0.25, 0.3) is 21.9 Å². The van der Waals surface area contributed by atoms with Crippen LogP contribution in [0.2, 0.25) is 0 Å². The Labute approximate surface area is 200 Å². The van der Waals surface area contributed by atoms with E-state index in [-0.39, 0.29) is 36.2 Å². The lowest BCUT2D eigenvalue weighted by atomic mass is 9.91. The Kier molecular flexibility index (Phi) is 6.10. The van der Waals surface area contributed by atoms with E-state index in [1.165, 1.54) is 37.2 Å². The van der Waals surface area contributed by atoms with Crippen LogP contribution in [0.1, 0.15) is 30.9 Å². The number of carbonyl (C=O) groups is 1. The molecule has 2 aromatic heterocycles. The number of methoxy groups -OCH3 is 2.